The van der Waals surface area contributed by atoms with Gasteiger partial charge in [0.1, 0.15) is 0 Å². The summed E-state index contributed by atoms with van der Waals surface area (Å²) in [5.74, 6) is 0.340. The maximum Gasteiger partial charge on any atom is 0.260 e. The summed E-state index contributed by atoms with van der Waals surface area (Å²) in [6, 6.07) is 1.91. The van der Waals surface area contributed by atoms with E-state index in [2.05, 4.69) is 24.0 Å². The molecule has 2 rings (SSSR count). The molecule has 0 amide bonds. The molecule has 0 bridgehead atoms. The lowest BCUT2D eigenvalue weighted by molar-refractivity contribution is 0.439. The van der Waals surface area contributed by atoms with E-state index in [9.17, 15) is 0 Å². The molecule has 80 valence electrons. The molecule has 0 saturated heterocycles. The standard InChI is InChI=1S/C11H15N3O/c1-4-8-10-7(12)5-9(6(2)3)13-11(10)15-14-8/h5-6H,4H2,1-3H3,(H2,12,13). The second-order valence-electron chi connectivity index (χ2n) is 3.95. The summed E-state index contributed by atoms with van der Waals surface area (Å²) >= 11 is 0. The Bertz CT molecular complexity index is 488. The van der Waals surface area contributed by atoms with Gasteiger partial charge in [0.25, 0.3) is 5.71 Å². The number of hydrogen-bond acceptors (Lipinski definition) is 4. The van der Waals surface area contributed by atoms with Crippen LogP contribution in [0.1, 0.15) is 38.1 Å². The summed E-state index contributed by atoms with van der Waals surface area (Å²) in [7, 11) is 0. The number of pyridine rings is 1. The number of nitrogens with zero attached hydrogens (tertiary/aromatic N) is 2. The largest absolute Gasteiger partial charge is 0.398 e. The van der Waals surface area contributed by atoms with Gasteiger partial charge in [-0.3, -0.25) is 0 Å². The van der Waals surface area contributed by atoms with Crippen molar-refractivity contribution in [1.82, 2.24) is 10.1 Å². The van der Waals surface area contributed by atoms with E-state index < -0.39 is 0 Å². The molecule has 2 heterocycles. The molecular formula is C11H15N3O. The predicted molar refractivity (Wildman–Crippen MR) is 59.7 cm³/mol. The van der Waals surface area contributed by atoms with Crippen molar-refractivity contribution in [2.45, 2.75) is 33.1 Å². The molecule has 4 heteroatoms. The van der Waals surface area contributed by atoms with Crippen LogP contribution in [0.25, 0.3) is 11.1 Å². The predicted octanol–water partition coefficient (Wildman–Crippen LogP) is 2.49. The quantitative estimate of drug-likeness (QED) is 0.818. The zero-order valence-electron chi connectivity index (χ0n) is 9.24. The second-order valence-corrected chi connectivity index (χ2v) is 3.95. The van der Waals surface area contributed by atoms with E-state index >= 15 is 0 Å². The Hall–Kier alpha value is -1.58. The number of rotatable bonds is 2. The van der Waals surface area contributed by atoms with Gasteiger partial charge in [-0.15, -0.1) is 0 Å². The highest BCUT2D eigenvalue weighted by Gasteiger charge is 2.13. The first-order chi connectivity index (χ1) is 7.13. The minimum atomic E-state index is 0.340. The lowest BCUT2D eigenvalue weighted by Crippen LogP contribution is -1.97. The molecule has 0 spiro atoms. The van der Waals surface area contributed by atoms with Gasteiger partial charge in [-0.1, -0.05) is 25.9 Å². The number of nitrogen functional groups attached to an aromatic ring is 1. The third kappa shape index (κ3) is 1.56. The van der Waals surface area contributed by atoms with Gasteiger partial charge in [0.15, 0.2) is 0 Å². The average Bonchev–Trinajstić information content (AvgIpc) is 2.60. The minimum absolute atomic E-state index is 0.340. The molecule has 0 saturated carbocycles. The number of nitrogens with two attached hydrogens (primary N) is 1. The normalized spacial score (nSPS) is 11.5. The van der Waals surface area contributed by atoms with Crippen LogP contribution in [-0.2, 0) is 6.42 Å². The summed E-state index contributed by atoms with van der Waals surface area (Å²) in [4.78, 5) is 4.39. The number of aromatic nitrogens is 2. The smallest absolute Gasteiger partial charge is 0.260 e. The van der Waals surface area contributed by atoms with Crippen LogP contribution >= 0.6 is 0 Å². The van der Waals surface area contributed by atoms with Crippen molar-refractivity contribution in [1.29, 1.82) is 0 Å². The summed E-state index contributed by atoms with van der Waals surface area (Å²) in [5, 5.41) is 4.82. The molecule has 0 aliphatic carbocycles. The highest BCUT2D eigenvalue weighted by Crippen LogP contribution is 2.26. The van der Waals surface area contributed by atoms with Crippen LogP contribution in [0, 0.1) is 0 Å². The zero-order chi connectivity index (χ0) is 11.0. The number of fused-ring (bicyclic) bond motifs is 1. The fourth-order valence-corrected chi connectivity index (χ4v) is 1.60. The molecule has 0 aromatic carbocycles. The van der Waals surface area contributed by atoms with Gasteiger partial charge in [0.05, 0.1) is 11.1 Å². The van der Waals surface area contributed by atoms with Crippen molar-refractivity contribution in [3.63, 3.8) is 0 Å². The highest BCUT2D eigenvalue weighted by atomic mass is 16.5. The third-order valence-corrected chi connectivity index (χ3v) is 2.49. The maximum absolute atomic E-state index is 5.98. The molecule has 0 aliphatic heterocycles. The number of aryl methyl sites for hydroxylation is 1. The lowest BCUT2D eigenvalue weighted by atomic mass is 10.1. The van der Waals surface area contributed by atoms with Gasteiger partial charge in [-0.25, -0.2) is 4.98 Å². The van der Waals surface area contributed by atoms with Crippen LogP contribution < -0.4 is 5.73 Å². The van der Waals surface area contributed by atoms with Gasteiger partial charge in [0.2, 0.25) is 0 Å². The Morgan fingerprint density at radius 2 is 2.20 bits per heavy atom. The van der Waals surface area contributed by atoms with Gasteiger partial charge in [-0.05, 0) is 18.4 Å². The first-order valence-electron chi connectivity index (χ1n) is 5.18. The molecule has 2 aromatic heterocycles. The molecule has 0 unspecified atom stereocenters. The van der Waals surface area contributed by atoms with Crippen LogP contribution in [0.3, 0.4) is 0 Å². The molecule has 2 N–H and O–H groups in total. The van der Waals surface area contributed by atoms with E-state index in [0.29, 0.717) is 17.3 Å². The fourth-order valence-electron chi connectivity index (χ4n) is 1.60. The Morgan fingerprint density at radius 1 is 1.47 bits per heavy atom. The van der Waals surface area contributed by atoms with Crippen molar-refractivity contribution >= 4 is 16.8 Å². The van der Waals surface area contributed by atoms with E-state index in [-0.39, 0.29) is 0 Å². The average molecular weight is 205 g/mol. The summed E-state index contributed by atoms with van der Waals surface area (Å²) in [6.45, 7) is 6.17. The third-order valence-electron chi connectivity index (χ3n) is 2.49. The van der Waals surface area contributed by atoms with Crippen LogP contribution in [0.2, 0.25) is 0 Å². The Morgan fingerprint density at radius 3 is 2.80 bits per heavy atom. The van der Waals surface area contributed by atoms with Gasteiger partial charge >= 0.3 is 0 Å². The number of anilines is 1. The van der Waals surface area contributed by atoms with Crippen molar-refractivity contribution in [3.05, 3.63) is 17.5 Å². The molecule has 0 radical (unpaired) electrons. The number of hydrogen-bond donors (Lipinski definition) is 1. The van der Waals surface area contributed by atoms with E-state index in [0.717, 1.165) is 23.2 Å². The minimum Gasteiger partial charge on any atom is -0.398 e. The molecule has 0 atom stereocenters. The Kier molecular flexibility index (Phi) is 2.34. The topological polar surface area (TPSA) is 64.9 Å². The summed E-state index contributed by atoms with van der Waals surface area (Å²) in [5.41, 5.74) is 9.06. The zero-order valence-corrected chi connectivity index (χ0v) is 9.24. The van der Waals surface area contributed by atoms with E-state index in [1.807, 2.05) is 13.0 Å². The van der Waals surface area contributed by atoms with Crippen LogP contribution in [0.4, 0.5) is 5.69 Å². The van der Waals surface area contributed by atoms with Crippen LogP contribution in [-0.4, -0.2) is 10.1 Å². The van der Waals surface area contributed by atoms with Crippen LogP contribution in [0.15, 0.2) is 10.6 Å². The van der Waals surface area contributed by atoms with E-state index in [1.165, 1.54) is 0 Å². The molecule has 0 fully saturated rings. The molecule has 4 nitrogen and oxygen atoms in total. The van der Waals surface area contributed by atoms with E-state index in [1.54, 1.807) is 0 Å². The highest BCUT2D eigenvalue weighted by molar-refractivity contribution is 5.89. The second kappa shape index (κ2) is 3.53. The fraction of sp³-hybridized carbons (Fsp3) is 0.455. The first-order valence-corrected chi connectivity index (χ1v) is 5.18. The monoisotopic (exact) mass is 205 g/mol. The van der Waals surface area contributed by atoms with Crippen molar-refractivity contribution in [2.75, 3.05) is 5.73 Å². The first kappa shape index (κ1) is 9.96. The Balaban J connectivity index is 2.69. The van der Waals surface area contributed by atoms with E-state index in [4.69, 9.17) is 10.3 Å². The molecule has 2 aromatic rings. The molecular weight excluding hydrogens is 190 g/mol. The van der Waals surface area contributed by atoms with Gasteiger partial charge in [0, 0.05) is 11.4 Å². The van der Waals surface area contributed by atoms with Crippen molar-refractivity contribution in [2.24, 2.45) is 0 Å². The van der Waals surface area contributed by atoms with Crippen molar-refractivity contribution in [3.8, 4) is 0 Å². The summed E-state index contributed by atoms with van der Waals surface area (Å²) in [6.07, 6.45) is 0.805. The Labute approximate surface area is 88.5 Å². The molecule has 0 aliphatic rings. The van der Waals surface area contributed by atoms with Gasteiger partial charge in [-0.2, -0.15) is 0 Å². The molecule has 15 heavy (non-hydrogen) atoms. The van der Waals surface area contributed by atoms with Crippen LogP contribution in [0.5, 0.6) is 0 Å². The SMILES string of the molecule is CCc1noc2nc(C(C)C)cc(N)c12. The maximum atomic E-state index is 5.98. The van der Waals surface area contributed by atoms with Crippen molar-refractivity contribution < 1.29 is 4.52 Å². The van der Waals surface area contributed by atoms with Gasteiger partial charge < -0.3 is 10.3 Å². The lowest BCUT2D eigenvalue weighted by Gasteiger charge is -2.05. The summed E-state index contributed by atoms with van der Waals surface area (Å²) < 4.78 is 5.17.